The Morgan fingerprint density at radius 3 is 2.91 bits per heavy atom. The number of nitrogens with zero attached hydrogens (tertiary/aromatic N) is 1. The van der Waals surface area contributed by atoms with E-state index in [1.54, 1.807) is 18.2 Å². The van der Waals surface area contributed by atoms with E-state index in [9.17, 15) is 9.59 Å². The van der Waals surface area contributed by atoms with Crippen LogP contribution in [0.15, 0.2) is 34.2 Å². The minimum atomic E-state index is -0.261. The third-order valence-corrected chi connectivity index (χ3v) is 4.54. The molecule has 23 heavy (non-hydrogen) atoms. The number of H-pyrrole nitrogens is 1. The smallest absolute Gasteiger partial charge is 0.251 e. The number of aromatic amines is 1. The lowest BCUT2D eigenvalue weighted by molar-refractivity contribution is -0.113. The summed E-state index contributed by atoms with van der Waals surface area (Å²) < 4.78 is 0. The highest BCUT2D eigenvalue weighted by Crippen LogP contribution is 2.29. The standard InChI is InChI=1S/C15H15Cl2N3O2S/c1-2-4-9-7-12(21)20-15(18-9)23-8-13(22)19-11-6-3-5-10(16)14(11)17/h3,5-7H,2,4,8H2,1H3,(H,19,22)(H,18,20,21). The van der Waals surface area contributed by atoms with Crippen molar-refractivity contribution >= 4 is 46.6 Å². The molecule has 1 heterocycles. The number of benzene rings is 1. The number of carbonyl (C=O) groups is 1. The second kappa shape index (κ2) is 8.38. The van der Waals surface area contributed by atoms with Gasteiger partial charge in [0.2, 0.25) is 5.91 Å². The van der Waals surface area contributed by atoms with Crippen molar-refractivity contribution in [2.75, 3.05) is 11.1 Å². The largest absolute Gasteiger partial charge is 0.324 e. The Morgan fingerprint density at radius 2 is 2.17 bits per heavy atom. The number of anilines is 1. The van der Waals surface area contributed by atoms with E-state index in [0.29, 0.717) is 20.9 Å². The fourth-order valence-corrected chi connectivity index (χ4v) is 2.90. The molecule has 2 rings (SSSR count). The first kappa shape index (κ1) is 17.8. The quantitative estimate of drug-likeness (QED) is 0.598. The molecule has 8 heteroatoms. The predicted octanol–water partition coefficient (Wildman–Crippen LogP) is 3.76. The van der Waals surface area contributed by atoms with Crippen LogP contribution >= 0.6 is 35.0 Å². The summed E-state index contributed by atoms with van der Waals surface area (Å²) in [6.45, 7) is 2.01. The predicted molar refractivity (Wildman–Crippen MR) is 94.7 cm³/mol. The van der Waals surface area contributed by atoms with E-state index in [4.69, 9.17) is 23.2 Å². The van der Waals surface area contributed by atoms with Crippen LogP contribution in [0.2, 0.25) is 10.0 Å². The van der Waals surface area contributed by atoms with E-state index in [2.05, 4.69) is 15.3 Å². The highest BCUT2D eigenvalue weighted by atomic mass is 35.5. The van der Waals surface area contributed by atoms with Crippen molar-refractivity contribution in [1.29, 1.82) is 0 Å². The van der Waals surface area contributed by atoms with Gasteiger partial charge < -0.3 is 10.3 Å². The second-order valence-corrected chi connectivity index (χ2v) is 6.48. The van der Waals surface area contributed by atoms with Crippen molar-refractivity contribution < 1.29 is 4.79 Å². The SMILES string of the molecule is CCCc1cc(=O)[nH]c(SCC(=O)Nc2cccc(Cl)c2Cl)n1. The van der Waals surface area contributed by atoms with E-state index >= 15 is 0 Å². The molecule has 0 unspecified atom stereocenters. The molecule has 0 aliphatic carbocycles. The van der Waals surface area contributed by atoms with Gasteiger partial charge >= 0.3 is 0 Å². The molecular formula is C15H15Cl2N3O2S. The lowest BCUT2D eigenvalue weighted by Gasteiger charge is -2.08. The summed E-state index contributed by atoms with van der Waals surface area (Å²) in [4.78, 5) is 30.5. The summed E-state index contributed by atoms with van der Waals surface area (Å²) in [6, 6.07) is 6.48. The Labute approximate surface area is 147 Å². The maximum atomic E-state index is 12.0. The lowest BCUT2D eigenvalue weighted by Crippen LogP contribution is -2.16. The van der Waals surface area contributed by atoms with Crippen LogP contribution in [0.3, 0.4) is 0 Å². The summed E-state index contributed by atoms with van der Waals surface area (Å²) in [7, 11) is 0. The Kier molecular flexibility index (Phi) is 6.50. The molecule has 1 amide bonds. The summed E-state index contributed by atoms with van der Waals surface area (Å²) in [5.41, 5.74) is 0.951. The minimum absolute atomic E-state index is 0.0986. The minimum Gasteiger partial charge on any atom is -0.324 e. The van der Waals surface area contributed by atoms with Crippen LogP contribution in [0, 0.1) is 0 Å². The van der Waals surface area contributed by atoms with Gasteiger partial charge in [-0.3, -0.25) is 9.59 Å². The number of aromatic nitrogens is 2. The van der Waals surface area contributed by atoms with Crippen LogP contribution < -0.4 is 10.9 Å². The van der Waals surface area contributed by atoms with Gasteiger partial charge in [0, 0.05) is 11.8 Å². The number of halogens is 2. The van der Waals surface area contributed by atoms with Crippen molar-refractivity contribution in [3.8, 4) is 0 Å². The van der Waals surface area contributed by atoms with Crippen LogP contribution in [-0.4, -0.2) is 21.6 Å². The second-order valence-electron chi connectivity index (χ2n) is 4.73. The molecule has 0 saturated carbocycles. The summed E-state index contributed by atoms with van der Waals surface area (Å²) in [5.74, 6) is -0.163. The zero-order valence-corrected chi connectivity index (χ0v) is 14.7. The van der Waals surface area contributed by atoms with Crippen molar-refractivity contribution in [2.45, 2.75) is 24.9 Å². The third-order valence-electron chi connectivity index (χ3n) is 2.84. The fraction of sp³-hybridized carbons (Fsp3) is 0.267. The van der Waals surface area contributed by atoms with Gasteiger partial charge in [0.15, 0.2) is 5.16 Å². The summed E-state index contributed by atoms with van der Waals surface area (Å²) in [6.07, 6.45) is 1.62. The zero-order chi connectivity index (χ0) is 16.8. The molecule has 1 aromatic heterocycles. The van der Waals surface area contributed by atoms with Crippen LogP contribution in [0.5, 0.6) is 0 Å². The van der Waals surface area contributed by atoms with Gasteiger partial charge in [-0.15, -0.1) is 0 Å². The zero-order valence-electron chi connectivity index (χ0n) is 12.4. The first-order valence-electron chi connectivity index (χ1n) is 6.96. The Balaban J connectivity index is 1.99. The van der Waals surface area contributed by atoms with Crippen molar-refractivity contribution in [3.63, 3.8) is 0 Å². The number of hydrogen-bond donors (Lipinski definition) is 2. The van der Waals surface area contributed by atoms with Gasteiger partial charge in [-0.25, -0.2) is 4.98 Å². The molecule has 0 radical (unpaired) electrons. The number of hydrogen-bond acceptors (Lipinski definition) is 4. The fourth-order valence-electron chi connectivity index (χ4n) is 1.86. The van der Waals surface area contributed by atoms with E-state index in [-0.39, 0.29) is 17.2 Å². The molecule has 2 N–H and O–H groups in total. The molecule has 0 saturated heterocycles. The molecule has 5 nitrogen and oxygen atoms in total. The van der Waals surface area contributed by atoms with Gasteiger partial charge in [0.25, 0.3) is 5.56 Å². The van der Waals surface area contributed by atoms with Gasteiger partial charge in [0.05, 0.1) is 21.5 Å². The van der Waals surface area contributed by atoms with Gasteiger partial charge in [-0.05, 0) is 18.6 Å². The molecule has 0 aliphatic rings. The van der Waals surface area contributed by atoms with Gasteiger partial charge in [-0.2, -0.15) is 0 Å². The van der Waals surface area contributed by atoms with Crippen molar-refractivity contribution in [1.82, 2.24) is 9.97 Å². The topological polar surface area (TPSA) is 74.8 Å². The van der Waals surface area contributed by atoms with Crippen molar-refractivity contribution in [2.24, 2.45) is 0 Å². The molecule has 0 fully saturated rings. The van der Waals surface area contributed by atoms with Crippen LogP contribution in [-0.2, 0) is 11.2 Å². The van der Waals surface area contributed by atoms with E-state index in [0.717, 1.165) is 30.3 Å². The Bertz CT molecular complexity index is 765. The van der Waals surface area contributed by atoms with Gasteiger partial charge in [-0.1, -0.05) is 54.4 Å². The molecule has 0 spiro atoms. The highest BCUT2D eigenvalue weighted by Gasteiger charge is 2.10. The Morgan fingerprint density at radius 1 is 1.39 bits per heavy atom. The molecule has 1 aromatic carbocycles. The summed E-state index contributed by atoms with van der Waals surface area (Å²) >= 11 is 13.1. The number of nitrogens with one attached hydrogen (secondary N) is 2. The van der Waals surface area contributed by atoms with Crippen LogP contribution in [0.1, 0.15) is 19.0 Å². The maximum absolute atomic E-state index is 12.0. The molecule has 0 bridgehead atoms. The van der Waals surface area contributed by atoms with Crippen LogP contribution in [0.4, 0.5) is 5.69 Å². The first-order valence-corrected chi connectivity index (χ1v) is 8.70. The monoisotopic (exact) mass is 371 g/mol. The summed E-state index contributed by atoms with van der Waals surface area (Å²) in [5, 5.41) is 3.77. The average Bonchev–Trinajstić information content (AvgIpc) is 2.50. The maximum Gasteiger partial charge on any atom is 0.251 e. The third kappa shape index (κ3) is 5.27. The normalized spacial score (nSPS) is 10.6. The molecule has 0 aliphatic heterocycles. The first-order chi connectivity index (χ1) is 11.0. The number of aryl methyl sites for hydroxylation is 1. The van der Waals surface area contributed by atoms with Crippen LogP contribution in [0.25, 0.3) is 0 Å². The molecule has 122 valence electrons. The molecular weight excluding hydrogens is 357 g/mol. The molecule has 0 atom stereocenters. The average molecular weight is 372 g/mol. The number of thioether (sulfide) groups is 1. The lowest BCUT2D eigenvalue weighted by atomic mass is 10.2. The van der Waals surface area contributed by atoms with E-state index in [1.807, 2.05) is 6.92 Å². The van der Waals surface area contributed by atoms with Gasteiger partial charge in [0.1, 0.15) is 0 Å². The van der Waals surface area contributed by atoms with Crippen molar-refractivity contribution in [3.05, 3.63) is 50.4 Å². The number of carbonyl (C=O) groups excluding carboxylic acids is 1. The number of rotatable bonds is 6. The van der Waals surface area contributed by atoms with E-state index < -0.39 is 0 Å². The van der Waals surface area contributed by atoms with E-state index in [1.165, 1.54) is 6.07 Å². The Hall–Kier alpha value is -1.50. The highest BCUT2D eigenvalue weighted by molar-refractivity contribution is 7.99. The number of amides is 1. The molecule has 2 aromatic rings.